The smallest absolute Gasteiger partial charge is 0.0942 e. The van der Waals surface area contributed by atoms with Crippen LogP contribution in [0, 0.1) is 12.3 Å². The number of fused-ring (bicyclic) bond motifs is 1. The second-order valence-corrected chi connectivity index (χ2v) is 9.43. The predicted molar refractivity (Wildman–Crippen MR) is 93.0 cm³/mol. The molecule has 1 aliphatic heterocycles. The molecule has 0 bridgehead atoms. The van der Waals surface area contributed by atoms with Gasteiger partial charge in [-0.3, -0.25) is 10.1 Å². The summed E-state index contributed by atoms with van der Waals surface area (Å²) in [5.74, 6) is 0. The highest BCUT2D eigenvalue weighted by atomic mass is 32.2. The number of aromatic nitrogens is 1. The van der Waals surface area contributed by atoms with Gasteiger partial charge in [-0.05, 0) is 89.1 Å². The lowest BCUT2D eigenvalue weighted by atomic mass is 9.76. The Labute approximate surface area is 136 Å². The van der Waals surface area contributed by atoms with Crippen LogP contribution in [0.4, 0.5) is 0 Å². The van der Waals surface area contributed by atoms with Crippen LogP contribution in [-0.2, 0) is 23.8 Å². The molecule has 1 atom stereocenters. The second kappa shape index (κ2) is 6.77. The van der Waals surface area contributed by atoms with Gasteiger partial charge in [-0.2, -0.15) is 0 Å². The summed E-state index contributed by atoms with van der Waals surface area (Å²) < 4.78 is 10.1. The normalized spacial score (nSPS) is 21.0. The highest BCUT2D eigenvalue weighted by Crippen LogP contribution is 2.43. The van der Waals surface area contributed by atoms with Gasteiger partial charge in [0.15, 0.2) is 0 Å². The number of nitrogens with two attached hydrogens (primary N) is 1. The second-order valence-electron chi connectivity index (χ2n) is 7.61. The van der Waals surface area contributed by atoms with Crippen molar-refractivity contribution < 1.29 is 4.21 Å². The molecule has 1 aromatic rings. The number of piperidine rings is 1. The molecule has 0 aromatic carbocycles. The van der Waals surface area contributed by atoms with Gasteiger partial charge in [0.1, 0.15) is 0 Å². The molecule has 124 valence electrons. The fourth-order valence-electron chi connectivity index (χ4n) is 3.15. The van der Waals surface area contributed by atoms with E-state index in [0.29, 0.717) is 5.41 Å². The molecule has 1 aromatic heterocycles. The zero-order valence-electron chi connectivity index (χ0n) is 14.2. The largest absolute Gasteiger partial charge is 0.317 e. The first-order valence-electron chi connectivity index (χ1n) is 8.03. The third-order valence-electron chi connectivity index (χ3n) is 4.62. The van der Waals surface area contributed by atoms with Gasteiger partial charge < -0.3 is 5.32 Å². The number of nitrogens with zero attached hydrogens (tertiary/aromatic N) is 1. The molecule has 0 radical (unpaired) electrons. The van der Waals surface area contributed by atoms with E-state index in [0.717, 1.165) is 0 Å². The molecule has 3 rings (SSSR count). The zero-order valence-corrected chi connectivity index (χ0v) is 15.1. The van der Waals surface area contributed by atoms with Crippen molar-refractivity contribution in [2.24, 2.45) is 10.6 Å². The maximum Gasteiger partial charge on any atom is 0.0942 e. The van der Waals surface area contributed by atoms with E-state index >= 15 is 0 Å². The molecule has 3 N–H and O–H groups in total. The summed E-state index contributed by atoms with van der Waals surface area (Å²) in [5, 5.41) is 8.50. The fraction of sp³-hybridized carbons (Fsp3) is 0.706. The van der Waals surface area contributed by atoms with Gasteiger partial charge in [0.25, 0.3) is 0 Å². The van der Waals surface area contributed by atoms with E-state index in [1.807, 2.05) is 20.8 Å². The molecule has 2 aliphatic rings. The van der Waals surface area contributed by atoms with E-state index in [2.05, 4.69) is 29.5 Å². The van der Waals surface area contributed by atoms with Crippen LogP contribution < -0.4 is 10.5 Å². The molecule has 1 aliphatic carbocycles. The van der Waals surface area contributed by atoms with Crippen molar-refractivity contribution in [3.8, 4) is 0 Å². The SMILES string of the molecule is CC(C)(C)S(N)=O.Cc1cc2c(cn1)CC1(CCNCC1)C2. The van der Waals surface area contributed by atoms with Gasteiger partial charge >= 0.3 is 0 Å². The van der Waals surface area contributed by atoms with Crippen molar-refractivity contribution in [3.05, 3.63) is 29.1 Å². The molecule has 2 heterocycles. The van der Waals surface area contributed by atoms with Gasteiger partial charge in [-0.25, -0.2) is 4.21 Å². The van der Waals surface area contributed by atoms with Crippen molar-refractivity contribution in [2.75, 3.05) is 13.1 Å². The average Bonchev–Trinajstić information content (AvgIpc) is 2.75. The van der Waals surface area contributed by atoms with E-state index < -0.39 is 11.0 Å². The molecule has 0 amide bonds. The minimum Gasteiger partial charge on any atom is -0.317 e. The molecular weight excluding hydrogens is 294 g/mol. The maximum atomic E-state index is 10.4. The molecule has 1 fully saturated rings. The van der Waals surface area contributed by atoms with Crippen LogP contribution in [0.3, 0.4) is 0 Å². The van der Waals surface area contributed by atoms with Crippen LogP contribution in [0.25, 0.3) is 0 Å². The Bertz CT molecular complexity index is 545. The number of hydrogen-bond donors (Lipinski definition) is 2. The molecule has 22 heavy (non-hydrogen) atoms. The van der Waals surface area contributed by atoms with Crippen molar-refractivity contribution in [1.82, 2.24) is 10.3 Å². The lowest BCUT2D eigenvalue weighted by molar-refractivity contribution is 0.216. The quantitative estimate of drug-likeness (QED) is 0.769. The first kappa shape index (κ1) is 17.6. The Morgan fingerprint density at radius 3 is 2.32 bits per heavy atom. The van der Waals surface area contributed by atoms with Gasteiger partial charge in [0.05, 0.1) is 15.7 Å². The Balaban J connectivity index is 0.000000217. The van der Waals surface area contributed by atoms with Crippen LogP contribution in [0.5, 0.6) is 0 Å². The Kier molecular flexibility index (Phi) is 5.41. The summed E-state index contributed by atoms with van der Waals surface area (Å²) >= 11 is 0. The summed E-state index contributed by atoms with van der Waals surface area (Å²) in [4.78, 5) is 4.41. The number of nitrogens with one attached hydrogen (secondary N) is 1. The van der Waals surface area contributed by atoms with Gasteiger partial charge in [0, 0.05) is 11.9 Å². The Hall–Kier alpha value is -0.780. The van der Waals surface area contributed by atoms with Gasteiger partial charge in [0.2, 0.25) is 0 Å². The third-order valence-corrected chi connectivity index (χ3v) is 5.83. The maximum absolute atomic E-state index is 10.4. The highest BCUT2D eigenvalue weighted by Gasteiger charge is 2.38. The minimum atomic E-state index is -1.18. The third kappa shape index (κ3) is 4.37. The molecule has 4 nitrogen and oxygen atoms in total. The van der Waals surface area contributed by atoms with Crippen LogP contribution in [-0.4, -0.2) is 27.0 Å². The van der Waals surface area contributed by atoms with Crippen LogP contribution in [0.15, 0.2) is 12.3 Å². The van der Waals surface area contributed by atoms with Crippen molar-refractivity contribution in [2.45, 2.75) is 58.1 Å². The number of rotatable bonds is 0. The van der Waals surface area contributed by atoms with Gasteiger partial charge in [-0.15, -0.1) is 0 Å². The van der Waals surface area contributed by atoms with E-state index in [1.54, 1.807) is 5.56 Å². The molecule has 1 unspecified atom stereocenters. The van der Waals surface area contributed by atoms with Crippen molar-refractivity contribution in [1.29, 1.82) is 0 Å². The summed E-state index contributed by atoms with van der Waals surface area (Å²) in [7, 11) is -1.18. The average molecular weight is 324 g/mol. The summed E-state index contributed by atoms with van der Waals surface area (Å²) in [6, 6.07) is 2.28. The first-order valence-corrected chi connectivity index (χ1v) is 9.25. The Morgan fingerprint density at radius 1 is 1.23 bits per heavy atom. The molecule has 1 saturated heterocycles. The van der Waals surface area contributed by atoms with E-state index in [4.69, 9.17) is 5.14 Å². The summed E-state index contributed by atoms with van der Waals surface area (Å²) in [6.45, 7) is 9.99. The van der Waals surface area contributed by atoms with Crippen LogP contribution >= 0.6 is 0 Å². The summed E-state index contributed by atoms with van der Waals surface area (Å²) in [5.41, 5.74) is 4.80. The lowest BCUT2D eigenvalue weighted by Crippen LogP contribution is -2.37. The number of aryl methyl sites for hydroxylation is 1. The molecule has 5 heteroatoms. The zero-order chi connectivity index (χ0) is 16.4. The van der Waals surface area contributed by atoms with E-state index in [1.165, 1.54) is 50.0 Å². The minimum absolute atomic E-state index is 0.250. The van der Waals surface area contributed by atoms with Crippen LogP contribution in [0.1, 0.15) is 50.4 Å². The number of pyridine rings is 1. The topological polar surface area (TPSA) is 68.0 Å². The standard InChI is InChI=1S/C13H18N2.C4H11NOS/c1-10-6-11-7-13(2-4-14-5-3-13)8-12(11)9-15-10;1-4(2,3)7(5)6/h6,9,14H,2-5,7-8H2,1H3;5H2,1-3H3. The van der Waals surface area contributed by atoms with E-state index in [-0.39, 0.29) is 4.75 Å². The lowest BCUT2D eigenvalue weighted by Gasteiger charge is -2.33. The van der Waals surface area contributed by atoms with Crippen LogP contribution in [0.2, 0.25) is 0 Å². The molecule has 0 saturated carbocycles. The van der Waals surface area contributed by atoms with Gasteiger partial charge in [-0.1, -0.05) is 0 Å². The summed E-state index contributed by atoms with van der Waals surface area (Å²) in [6.07, 6.45) is 7.31. The molecule has 1 spiro atoms. The highest BCUT2D eigenvalue weighted by molar-refractivity contribution is 7.84. The monoisotopic (exact) mass is 323 g/mol. The van der Waals surface area contributed by atoms with E-state index in [9.17, 15) is 4.21 Å². The fourth-order valence-corrected chi connectivity index (χ4v) is 3.15. The van der Waals surface area contributed by atoms with Crippen molar-refractivity contribution >= 4 is 11.0 Å². The first-order chi connectivity index (χ1) is 10.2. The van der Waals surface area contributed by atoms with Crippen molar-refractivity contribution in [3.63, 3.8) is 0 Å². The molecular formula is C17H29N3OS. The predicted octanol–water partition coefficient (Wildman–Crippen LogP) is 2.27. The number of hydrogen-bond acceptors (Lipinski definition) is 3. The Morgan fingerprint density at radius 2 is 1.77 bits per heavy atom.